The molecule has 0 amide bonds. The molecular weight excluding hydrogens is 289 g/mol. The van der Waals surface area contributed by atoms with Crippen LogP contribution in [0.3, 0.4) is 0 Å². The summed E-state index contributed by atoms with van der Waals surface area (Å²) in [5.74, 6) is 0.154. The lowest BCUT2D eigenvalue weighted by atomic mass is 10.1. The second kappa shape index (κ2) is 5.37. The van der Waals surface area contributed by atoms with Gasteiger partial charge < -0.3 is 15.0 Å². The van der Waals surface area contributed by atoms with Gasteiger partial charge in [0.15, 0.2) is 11.6 Å². The van der Waals surface area contributed by atoms with Crippen molar-refractivity contribution in [3.8, 4) is 5.75 Å². The molecule has 0 aliphatic carbocycles. The number of anilines is 1. The molecule has 3 aromatic rings. The zero-order chi connectivity index (χ0) is 15.0. The van der Waals surface area contributed by atoms with Gasteiger partial charge >= 0.3 is 0 Å². The number of methoxy groups -OCH3 is 1. The molecule has 4 nitrogen and oxygen atoms in total. The molecule has 1 aromatic carbocycles. The highest BCUT2D eigenvalue weighted by Crippen LogP contribution is 2.34. The first kappa shape index (κ1) is 13.9. The molecule has 1 unspecified atom stereocenters. The quantitative estimate of drug-likeness (QED) is 0.797. The molecule has 2 aromatic heterocycles. The van der Waals surface area contributed by atoms with Crippen molar-refractivity contribution in [3.05, 3.63) is 40.3 Å². The number of thiophene rings is 1. The summed E-state index contributed by atoms with van der Waals surface area (Å²) in [5.41, 5.74) is 7.40. The number of ether oxygens (including phenoxy) is 1. The molecule has 21 heavy (non-hydrogen) atoms. The van der Waals surface area contributed by atoms with Crippen LogP contribution < -0.4 is 10.5 Å². The van der Waals surface area contributed by atoms with E-state index in [2.05, 4.69) is 18.0 Å². The van der Waals surface area contributed by atoms with E-state index < -0.39 is 5.82 Å². The van der Waals surface area contributed by atoms with Gasteiger partial charge in [0.05, 0.1) is 24.2 Å². The first-order valence-electron chi connectivity index (χ1n) is 6.70. The van der Waals surface area contributed by atoms with Crippen LogP contribution in [0, 0.1) is 5.82 Å². The van der Waals surface area contributed by atoms with Gasteiger partial charge in [0.1, 0.15) is 0 Å². The summed E-state index contributed by atoms with van der Waals surface area (Å²) in [4.78, 5) is 5.48. The van der Waals surface area contributed by atoms with Crippen molar-refractivity contribution in [3.63, 3.8) is 0 Å². The Labute approximate surface area is 126 Å². The zero-order valence-electron chi connectivity index (χ0n) is 11.8. The van der Waals surface area contributed by atoms with Crippen LogP contribution in [0.4, 0.5) is 10.3 Å². The fourth-order valence-electron chi connectivity index (χ4n) is 2.59. The molecule has 0 spiro atoms. The summed E-state index contributed by atoms with van der Waals surface area (Å²) < 4.78 is 20.8. The molecule has 0 fully saturated rings. The molecule has 3 rings (SSSR count). The van der Waals surface area contributed by atoms with Crippen molar-refractivity contribution >= 4 is 28.3 Å². The average molecular weight is 305 g/mol. The number of nitrogens with two attached hydrogens (primary N) is 1. The van der Waals surface area contributed by atoms with Crippen LogP contribution in [0.5, 0.6) is 5.75 Å². The van der Waals surface area contributed by atoms with E-state index in [1.165, 1.54) is 18.1 Å². The maximum Gasteiger partial charge on any atom is 0.201 e. The molecule has 0 aliphatic heterocycles. The normalized spacial score (nSPS) is 12.7. The highest BCUT2D eigenvalue weighted by atomic mass is 32.1. The molecule has 0 bridgehead atoms. The SMILES string of the molecule is CCC(c1cccs1)n1c(N)nc2cc(F)c(OC)cc21. The predicted molar refractivity (Wildman–Crippen MR) is 83.4 cm³/mol. The zero-order valence-corrected chi connectivity index (χ0v) is 12.7. The molecule has 0 radical (unpaired) electrons. The van der Waals surface area contributed by atoms with Gasteiger partial charge in [0, 0.05) is 17.0 Å². The van der Waals surface area contributed by atoms with Crippen molar-refractivity contribution in [2.24, 2.45) is 0 Å². The Morgan fingerprint density at radius 2 is 2.29 bits per heavy atom. The topological polar surface area (TPSA) is 53.1 Å². The number of hydrogen-bond acceptors (Lipinski definition) is 4. The van der Waals surface area contributed by atoms with E-state index in [1.807, 2.05) is 16.0 Å². The van der Waals surface area contributed by atoms with Crippen LogP contribution >= 0.6 is 11.3 Å². The lowest BCUT2D eigenvalue weighted by Gasteiger charge is -2.18. The van der Waals surface area contributed by atoms with E-state index in [4.69, 9.17) is 10.5 Å². The maximum atomic E-state index is 13.8. The number of imidazole rings is 1. The largest absolute Gasteiger partial charge is 0.494 e. The van der Waals surface area contributed by atoms with Crippen LogP contribution in [-0.4, -0.2) is 16.7 Å². The fourth-order valence-corrected chi connectivity index (χ4v) is 3.49. The lowest BCUT2D eigenvalue weighted by Crippen LogP contribution is -2.11. The average Bonchev–Trinajstić information content (AvgIpc) is 3.08. The molecule has 2 N–H and O–H groups in total. The van der Waals surface area contributed by atoms with E-state index in [0.29, 0.717) is 11.5 Å². The Bertz CT molecular complexity index is 767. The third-order valence-corrected chi connectivity index (χ3v) is 4.53. The Kier molecular flexibility index (Phi) is 3.55. The third-order valence-electron chi connectivity index (χ3n) is 3.56. The van der Waals surface area contributed by atoms with Crippen LogP contribution in [0.25, 0.3) is 11.0 Å². The van der Waals surface area contributed by atoms with Gasteiger partial charge in [0.2, 0.25) is 5.95 Å². The summed E-state index contributed by atoms with van der Waals surface area (Å²) in [7, 11) is 1.45. The molecule has 0 saturated heterocycles. The first-order chi connectivity index (χ1) is 10.2. The molecule has 6 heteroatoms. The molecule has 110 valence electrons. The third kappa shape index (κ3) is 2.25. The van der Waals surface area contributed by atoms with Crippen LogP contribution in [0.1, 0.15) is 24.3 Å². The Balaban J connectivity index is 2.23. The van der Waals surface area contributed by atoms with Crippen molar-refractivity contribution in [2.45, 2.75) is 19.4 Å². The Morgan fingerprint density at radius 3 is 2.90 bits per heavy atom. The van der Waals surface area contributed by atoms with Crippen LogP contribution in [-0.2, 0) is 0 Å². The van der Waals surface area contributed by atoms with Gasteiger partial charge in [-0.25, -0.2) is 9.37 Å². The number of rotatable bonds is 4. The number of nitrogen functional groups attached to an aromatic ring is 1. The van der Waals surface area contributed by atoms with Crippen molar-refractivity contribution in [1.29, 1.82) is 0 Å². The highest BCUT2D eigenvalue weighted by Gasteiger charge is 2.20. The van der Waals surface area contributed by atoms with Gasteiger partial charge in [-0.2, -0.15) is 0 Å². The number of hydrogen-bond donors (Lipinski definition) is 1. The monoisotopic (exact) mass is 305 g/mol. The standard InChI is InChI=1S/C15H16FN3OS/c1-3-11(14-5-4-6-21-14)19-12-8-13(20-2)9(16)7-10(12)18-15(19)17/h4-8,11H,3H2,1-2H3,(H2,17,18). The van der Waals surface area contributed by atoms with E-state index in [9.17, 15) is 4.39 Å². The summed E-state index contributed by atoms with van der Waals surface area (Å²) in [6.07, 6.45) is 0.871. The van der Waals surface area contributed by atoms with Gasteiger partial charge in [-0.3, -0.25) is 0 Å². The summed E-state index contributed by atoms with van der Waals surface area (Å²) in [6, 6.07) is 7.19. The smallest absolute Gasteiger partial charge is 0.201 e. The summed E-state index contributed by atoms with van der Waals surface area (Å²) in [6.45, 7) is 2.09. The van der Waals surface area contributed by atoms with Gasteiger partial charge in [-0.15, -0.1) is 11.3 Å². The molecule has 2 heterocycles. The highest BCUT2D eigenvalue weighted by molar-refractivity contribution is 7.10. The Morgan fingerprint density at radius 1 is 1.48 bits per heavy atom. The van der Waals surface area contributed by atoms with Crippen molar-refractivity contribution < 1.29 is 9.13 Å². The summed E-state index contributed by atoms with van der Waals surface area (Å²) >= 11 is 1.67. The number of fused-ring (bicyclic) bond motifs is 1. The second-order valence-corrected chi connectivity index (χ2v) is 5.73. The number of aromatic nitrogens is 2. The number of halogens is 1. The van der Waals surface area contributed by atoms with Crippen LogP contribution in [0.2, 0.25) is 0 Å². The van der Waals surface area contributed by atoms with E-state index in [1.54, 1.807) is 17.4 Å². The fraction of sp³-hybridized carbons (Fsp3) is 0.267. The summed E-state index contributed by atoms with van der Waals surface area (Å²) in [5, 5.41) is 2.04. The van der Waals surface area contributed by atoms with Gasteiger partial charge in [0.25, 0.3) is 0 Å². The molecule has 0 saturated carbocycles. The predicted octanol–water partition coefficient (Wildman–Crippen LogP) is 3.83. The molecular formula is C15H16FN3OS. The maximum absolute atomic E-state index is 13.8. The van der Waals surface area contributed by atoms with E-state index in [0.717, 1.165) is 11.9 Å². The van der Waals surface area contributed by atoms with Gasteiger partial charge in [-0.1, -0.05) is 13.0 Å². The number of nitrogens with zero attached hydrogens (tertiary/aromatic N) is 2. The molecule has 1 atom stereocenters. The minimum absolute atomic E-state index is 0.0881. The minimum Gasteiger partial charge on any atom is -0.494 e. The second-order valence-electron chi connectivity index (χ2n) is 4.75. The Hall–Kier alpha value is -2.08. The van der Waals surface area contributed by atoms with Crippen molar-refractivity contribution in [2.75, 3.05) is 12.8 Å². The van der Waals surface area contributed by atoms with E-state index in [-0.39, 0.29) is 11.8 Å². The first-order valence-corrected chi connectivity index (χ1v) is 7.58. The number of benzene rings is 1. The lowest BCUT2D eigenvalue weighted by molar-refractivity contribution is 0.387. The van der Waals surface area contributed by atoms with Crippen molar-refractivity contribution in [1.82, 2.24) is 9.55 Å². The van der Waals surface area contributed by atoms with E-state index >= 15 is 0 Å². The minimum atomic E-state index is -0.432. The molecule has 0 aliphatic rings. The van der Waals surface area contributed by atoms with Crippen LogP contribution in [0.15, 0.2) is 29.6 Å². The van der Waals surface area contributed by atoms with Gasteiger partial charge in [-0.05, 0) is 17.9 Å².